The topological polar surface area (TPSA) is 160 Å². The number of aromatic nitrogens is 1. The largest absolute Gasteiger partial charge is 0.504 e. The van der Waals surface area contributed by atoms with Crippen molar-refractivity contribution in [2.45, 2.75) is 26.2 Å². The van der Waals surface area contributed by atoms with Gasteiger partial charge in [-0.25, -0.2) is 18.2 Å². The molecule has 4 aromatic carbocycles. The second-order valence-electron chi connectivity index (χ2n) is 12.0. The monoisotopic (exact) mass is 671 g/mol. The third kappa shape index (κ3) is 7.99. The number of hydrogen-bond acceptors (Lipinski definition) is 9. The Labute approximate surface area is 279 Å². The zero-order valence-corrected chi connectivity index (χ0v) is 28.2. The highest BCUT2D eigenvalue weighted by molar-refractivity contribution is 7.92. The molecule has 5 rings (SSSR count). The van der Waals surface area contributed by atoms with E-state index in [1.165, 1.54) is 20.3 Å². The van der Waals surface area contributed by atoms with Gasteiger partial charge in [0.1, 0.15) is 17.3 Å². The molecule has 1 heterocycles. The zero-order valence-electron chi connectivity index (χ0n) is 27.3. The number of aromatic hydroxyl groups is 1. The average molecular weight is 672 g/mol. The lowest BCUT2D eigenvalue weighted by Gasteiger charge is -2.24. The van der Waals surface area contributed by atoms with Gasteiger partial charge in [0.15, 0.2) is 17.2 Å². The number of sulfonamides is 1. The van der Waals surface area contributed by atoms with E-state index < -0.39 is 16.1 Å². The number of anilines is 5. The van der Waals surface area contributed by atoms with E-state index >= 15 is 0 Å². The first-order chi connectivity index (χ1) is 22.7. The summed E-state index contributed by atoms with van der Waals surface area (Å²) in [7, 11) is -0.749. The van der Waals surface area contributed by atoms with Crippen molar-refractivity contribution in [1.82, 2.24) is 4.98 Å². The molecule has 48 heavy (non-hydrogen) atoms. The summed E-state index contributed by atoms with van der Waals surface area (Å²) in [6.45, 7) is 5.94. The smallest absolute Gasteiger partial charge is 0.323 e. The molecule has 0 aliphatic rings. The van der Waals surface area contributed by atoms with Gasteiger partial charge in [0, 0.05) is 34.8 Å². The molecule has 0 atom stereocenters. The van der Waals surface area contributed by atoms with Crippen LogP contribution in [0.15, 0.2) is 85.1 Å². The molecule has 250 valence electrons. The highest BCUT2D eigenvalue weighted by Gasteiger charge is 2.22. The van der Waals surface area contributed by atoms with Crippen molar-refractivity contribution in [1.29, 1.82) is 0 Å². The minimum Gasteiger partial charge on any atom is -0.504 e. The summed E-state index contributed by atoms with van der Waals surface area (Å²) in [5.41, 5.74) is 2.13. The van der Waals surface area contributed by atoms with Crippen molar-refractivity contribution < 1.29 is 32.5 Å². The summed E-state index contributed by atoms with van der Waals surface area (Å²) < 4.78 is 43.7. The number of hydrogen-bond donors (Lipinski definition) is 5. The van der Waals surface area contributed by atoms with E-state index in [1.807, 2.05) is 45.0 Å². The van der Waals surface area contributed by atoms with Crippen molar-refractivity contribution in [3.63, 3.8) is 0 Å². The molecule has 0 fully saturated rings. The van der Waals surface area contributed by atoms with Gasteiger partial charge < -0.3 is 35.3 Å². The molecule has 0 aliphatic heterocycles. The summed E-state index contributed by atoms with van der Waals surface area (Å²) in [4.78, 5) is 17.8. The number of fused-ring (bicyclic) bond motifs is 1. The summed E-state index contributed by atoms with van der Waals surface area (Å²) in [5, 5.41) is 20.3. The molecule has 13 heteroatoms. The molecule has 1 aromatic heterocycles. The van der Waals surface area contributed by atoms with Crippen molar-refractivity contribution in [2.75, 3.05) is 41.1 Å². The van der Waals surface area contributed by atoms with Crippen LogP contribution in [0.5, 0.6) is 28.7 Å². The molecule has 0 radical (unpaired) electrons. The van der Waals surface area contributed by atoms with Gasteiger partial charge in [-0.2, -0.15) is 0 Å². The number of nitrogens with zero attached hydrogens (tertiary/aromatic N) is 1. The number of phenols is 1. The van der Waals surface area contributed by atoms with Crippen molar-refractivity contribution in [3.8, 4) is 28.7 Å². The fourth-order valence-electron chi connectivity index (χ4n) is 4.97. The number of rotatable bonds is 10. The standard InChI is InChI=1S/C35H37N5O7S/c1-35(2,3)21-17-27(33(46-5)28(18-21)40-48(6,43)44)39-34(42)38-26-12-14-30(25-10-8-7-9-24(25)26)47-23-15-16-36-32(20-23)37-22-11-13-29(41)31(19-22)45-4/h7-20,40-41H,1-6H3,(H,36,37)(H2,38,39,42). The molecule has 0 bridgehead atoms. The fraction of sp³-hybridized carbons (Fsp3) is 0.200. The summed E-state index contributed by atoms with van der Waals surface area (Å²) in [5.74, 6) is 2.11. The van der Waals surface area contributed by atoms with Crippen LogP contribution in [0, 0.1) is 0 Å². The predicted octanol–water partition coefficient (Wildman–Crippen LogP) is 7.81. The maximum atomic E-state index is 13.4. The van der Waals surface area contributed by atoms with Gasteiger partial charge in [0.25, 0.3) is 0 Å². The Morgan fingerprint density at radius 1 is 0.812 bits per heavy atom. The van der Waals surface area contributed by atoms with Gasteiger partial charge in [0.05, 0.1) is 37.5 Å². The predicted molar refractivity (Wildman–Crippen MR) is 189 cm³/mol. The molecule has 5 N–H and O–H groups in total. The van der Waals surface area contributed by atoms with E-state index in [0.29, 0.717) is 40.1 Å². The number of phenolic OH excluding ortho intramolecular Hbond substituents is 1. The zero-order chi connectivity index (χ0) is 34.6. The van der Waals surface area contributed by atoms with E-state index in [-0.39, 0.29) is 22.6 Å². The third-order valence-corrected chi connectivity index (χ3v) is 7.84. The molecular weight excluding hydrogens is 634 g/mol. The molecule has 0 unspecified atom stereocenters. The molecule has 2 amide bonds. The number of urea groups is 1. The molecule has 0 spiro atoms. The number of pyridine rings is 1. The molecule has 12 nitrogen and oxygen atoms in total. The molecular formula is C35H37N5O7S. The summed E-state index contributed by atoms with van der Waals surface area (Å²) in [6.07, 6.45) is 2.66. The quantitative estimate of drug-likeness (QED) is 0.0933. The van der Waals surface area contributed by atoms with E-state index in [1.54, 1.807) is 54.7 Å². The van der Waals surface area contributed by atoms with E-state index in [2.05, 4.69) is 25.7 Å². The number of carbonyl (C=O) groups is 1. The van der Waals surface area contributed by atoms with Crippen LogP contribution in [-0.2, 0) is 15.4 Å². The van der Waals surface area contributed by atoms with Crippen LogP contribution in [0.3, 0.4) is 0 Å². The number of amides is 2. The van der Waals surface area contributed by atoms with Crippen LogP contribution in [0.2, 0.25) is 0 Å². The van der Waals surface area contributed by atoms with Crippen LogP contribution < -0.4 is 34.9 Å². The SMILES string of the molecule is COc1cc(Nc2cc(Oc3ccc(NC(=O)Nc4cc(C(C)(C)C)cc(NS(C)(=O)=O)c4OC)c4ccccc34)ccn2)ccc1O. The number of nitrogens with one attached hydrogen (secondary N) is 4. The molecule has 0 saturated carbocycles. The van der Waals surface area contributed by atoms with Gasteiger partial charge in [-0.3, -0.25) is 4.72 Å². The van der Waals surface area contributed by atoms with Gasteiger partial charge in [0.2, 0.25) is 10.0 Å². The van der Waals surface area contributed by atoms with Gasteiger partial charge in [-0.05, 0) is 53.4 Å². The fourth-order valence-corrected chi connectivity index (χ4v) is 5.52. The number of carbonyl (C=O) groups excluding carboxylic acids is 1. The molecule has 5 aromatic rings. The van der Waals surface area contributed by atoms with Gasteiger partial charge in [-0.1, -0.05) is 45.0 Å². The van der Waals surface area contributed by atoms with Crippen LogP contribution in [0.4, 0.5) is 33.4 Å². The van der Waals surface area contributed by atoms with Crippen molar-refractivity contribution in [2.24, 2.45) is 0 Å². The van der Waals surface area contributed by atoms with E-state index in [0.717, 1.165) is 22.6 Å². The Morgan fingerprint density at radius 3 is 2.21 bits per heavy atom. The highest BCUT2D eigenvalue weighted by atomic mass is 32.2. The Kier molecular flexibility index (Phi) is 9.52. The Balaban J connectivity index is 1.39. The summed E-state index contributed by atoms with van der Waals surface area (Å²) in [6, 6.07) is 22.2. The van der Waals surface area contributed by atoms with Crippen LogP contribution >= 0.6 is 0 Å². The Bertz CT molecular complexity index is 2100. The minimum atomic E-state index is -3.63. The highest BCUT2D eigenvalue weighted by Crippen LogP contribution is 2.40. The van der Waals surface area contributed by atoms with Crippen LogP contribution in [-0.4, -0.2) is 45.0 Å². The Morgan fingerprint density at radius 2 is 1.52 bits per heavy atom. The third-order valence-electron chi connectivity index (χ3n) is 7.25. The van der Waals surface area contributed by atoms with Crippen LogP contribution in [0.25, 0.3) is 10.8 Å². The summed E-state index contributed by atoms with van der Waals surface area (Å²) >= 11 is 0. The maximum Gasteiger partial charge on any atom is 0.323 e. The maximum absolute atomic E-state index is 13.4. The molecule has 0 aliphatic carbocycles. The molecule has 0 saturated heterocycles. The number of methoxy groups -OCH3 is 2. The minimum absolute atomic E-state index is 0.0286. The second-order valence-corrected chi connectivity index (χ2v) is 13.7. The first-order valence-corrected chi connectivity index (χ1v) is 16.7. The van der Waals surface area contributed by atoms with Gasteiger partial charge >= 0.3 is 6.03 Å². The normalized spacial score (nSPS) is 11.5. The average Bonchev–Trinajstić information content (AvgIpc) is 3.02. The second kappa shape index (κ2) is 13.6. The van der Waals surface area contributed by atoms with Crippen molar-refractivity contribution in [3.05, 3.63) is 90.6 Å². The van der Waals surface area contributed by atoms with Crippen molar-refractivity contribution >= 4 is 55.4 Å². The first-order valence-electron chi connectivity index (χ1n) is 14.8. The first kappa shape index (κ1) is 33.7. The Hall–Kier alpha value is -5.69. The number of benzene rings is 4. The van der Waals surface area contributed by atoms with E-state index in [9.17, 15) is 18.3 Å². The van der Waals surface area contributed by atoms with E-state index in [4.69, 9.17) is 14.2 Å². The lowest BCUT2D eigenvalue weighted by Crippen LogP contribution is -2.22. The van der Waals surface area contributed by atoms with Crippen LogP contribution in [0.1, 0.15) is 26.3 Å². The lowest BCUT2D eigenvalue weighted by atomic mass is 9.86. The number of ether oxygens (including phenoxy) is 3. The lowest BCUT2D eigenvalue weighted by molar-refractivity contribution is 0.262. The van der Waals surface area contributed by atoms with Gasteiger partial charge in [-0.15, -0.1) is 0 Å².